The Labute approximate surface area is 158 Å². The molecule has 0 spiro atoms. The van der Waals surface area contributed by atoms with Gasteiger partial charge in [-0.3, -0.25) is 9.59 Å². The van der Waals surface area contributed by atoms with Gasteiger partial charge in [-0.15, -0.1) is 11.8 Å². The topological polar surface area (TPSA) is 55.8 Å². The molecular weight excluding hydrogens is 406 g/mol. The molecule has 1 heterocycles. The van der Waals surface area contributed by atoms with Gasteiger partial charge in [-0.1, -0.05) is 30.3 Å². The Morgan fingerprint density at radius 2 is 1.92 bits per heavy atom. The molecule has 25 heavy (non-hydrogen) atoms. The maximum atomic E-state index is 12.0. The van der Waals surface area contributed by atoms with E-state index in [1.807, 2.05) is 36.4 Å². The number of hydrogen-bond acceptors (Lipinski definition) is 5. The highest BCUT2D eigenvalue weighted by Gasteiger charge is 2.18. The van der Waals surface area contributed by atoms with Crippen LogP contribution in [-0.2, 0) is 19.1 Å². The number of esters is 1. The maximum Gasteiger partial charge on any atom is 0.316 e. The average Bonchev–Trinajstić information content (AvgIpc) is 2.66. The molecule has 5 nitrogen and oxygen atoms in total. The van der Waals surface area contributed by atoms with Crippen molar-refractivity contribution in [1.82, 2.24) is 4.90 Å². The van der Waals surface area contributed by atoms with E-state index in [-0.39, 0.29) is 18.3 Å². The Morgan fingerprint density at radius 1 is 1.16 bits per heavy atom. The highest BCUT2D eigenvalue weighted by Crippen LogP contribution is 2.34. The van der Waals surface area contributed by atoms with Gasteiger partial charge >= 0.3 is 5.97 Å². The molecule has 1 saturated heterocycles. The van der Waals surface area contributed by atoms with Crippen LogP contribution >= 0.6 is 27.7 Å². The van der Waals surface area contributed by atoms with Gasteiger partial charge in [-0.25, -0.2) is 0 Å². The zero-order valence-corrected chi connectivity index (χ0v) is 16.0. The summed E-state index contributed by atoms with van der Waals surface area (Å²) in [5, 5.41) is 2.24. The van der Waals surface area contributed by atoms with Gasteiger partial charge in [0.25, 0.3) is 5.91 Å². The second-order valence-electron chi connectivity index (χ2n) is 5.54. The van der Waals surface area contributed by atoms with E-state index in [4.69, 9.17) is 9.47 Å². The van der Waals surface area contributed by atoms with Crippen LogP contribution in [0.3, 0.4) is 0 Å². The number of hydrogen-bond donors (Lipinski definition) is 0. The molecular formula is C18H18BrNO4S. The fourth-order valence-corrected chi connectivity index (χ4v) is 4.14. The Kier molecular flexibility index (Phi) is 6.34. The molecule has 2 aromatic rings. The summed E-state index contributed by atoms with van der Waals surface area (Å²) in [6.07, 6.45) is 0. The number of nitrogens with zero attached hydrogens (tertiary/aromatic N) is 1. The van der Waals surface area contributed by atoms with E-state index < -0.39 is 5.97 Å². The first-order valence-electron chi connectivity index (χ1n) is 7.96. The van der Waals surface area contributed by atoms with E-state index >= 15 is 0 Å². The van der Waals surface area contributed by atoms with Crippen molar-refractivity contribution in [2.24, 2.45) is 0 Å². The van der Waals surface area contributed by atoms with Gasteiger partial charge < -0.3 is 14.4 Å². The molecule has 0 aliphatic carbocycles. The van der Waals surface area contributed by atoms with Crippen LogP contribution in [0, 0.1) is 0 Å². The van der Waals surface area contributed by atoms with Crippen LogP contribution in [0.4, 0.5) is 0 Å². The van der Waals surface area contributed by atoms with E-state index in [0.717, 1.165) is 20.1 Å². The first kappa shape index (κ1) is 18.2. The predicted molar refractivity (Wildman–Crippen MR) is 101 cm³/mol. The Bertz CT molecular complexity index is 777. The molecule has 1 aliphatic heterocycles. The van der Waals surface area contributed by atoms with Crippen molar-refractivity contribution in [2.45, 2.75) is 4.90 Å². The first-order valence-corrected chi connectivity index (χ1v) is 9.74. The third-order valence-corrected chi connectivity index (χ3v) is 6.04. The van der Waals surface area contributed by atoms with Crippen molar-refractivity contribution in [3.63, 3.8) is 0 Å². The molecule has 0 N–H and O–H groups in total. The Hall–Kier alpha value is -1.57. The smallest absolute Gasteiger partial charge is 0.316 e. The zero-order chi connectivity index (χ0) is 17.6. The zero-order valence-electron chi connectivity index (χ0n) is 13.6. The number of benzene rings is 2. The minimum atomic E-state index is -0.397. The van der Waals surface area contributed by atoms with Crippen LogP contribution in [0.15, 0.2) is 45.8 Å². The van der Waals surface area contributed by atoms with Crippen LogP contribution in [0.1, 0.15) is 0 Å². The summed E-state index contributed by atoms with van der Waals surface area (Å²) in [4.78, 5) is 26.5. The van der Waals surface area contributed by atoms with E-state index in [0.29, 0.717) is 26.3 Å². The van der Waals surface area contributed by atoms with Gasteiger partial charge in [0.15, 0.2) is 6.61 Å². The highest BCUT2D eigenvalue weighted by molar-refractivity contribution is 9.10. The number of fused-ring (bicyclic) bond motifs is 1. The number of amides is 1. The quantitative estimate of drug-likeness (QED) is 0.546. The van der Waals surface area contributed by atoms with Crippen molar-refractivity contribution in [3.8, 4) is 0 Å². The lowest BCUT2D eigenvalue weighted by molar-refractivity contribution is -0.151. The summed E-state index contributed by atoms with van der Waals surface area (Å²) in [5.74, 6) is -0.409. The minimum Gasteiger partial charge on any atom is -0.455 e. The van der Waals surface area contributed by atoms with Gasteiger partial charge in [0.2, 0.25) is 0 Å². The molecule has 132 valence electrons. The Morgan fingerprint density at radius 3 is 2.72 bits per heavy atom. The first-order chi connectivity index (χ1) is 12.1. The maximum absolute atomic E-state index is 12.0. The fraction of sp³-hybridized carbons (Fsp3) is 0.333. The molecule has 3 rings (SSSR count). The van der Waals surface area contributed by atoms with Crippen LogP contribution in [0.5, 0.6) is 0 Å². The molecule has 0 aromatic heterocycles. The van der Waals surface area contributed by atoms with E-state index in [1.165, 1.54) is 11.8 Å². The van der Waals surface area contributed by atoms with Crippen molar-refractivity contribution >= 4 is 50.3 Å². The molecule has 0 unspecified atom stereocenters. The van der Waals surface area contributed by atoms with Crippen LogP contribution in [0.2, 0.25) is 0 Å². The predicted octanol–water partition coefficient (Wildman–Crippen LogP) is 3.10. The summed E-state index contributed by atoms with van der Waals surface area (Å²) >= 11 is 4.99. The van der Waals surface area contributed by atoms with Crippen LogP contribution < -0.4 is 0 Å². The molecule has 0 bridgehead atoms. The number of carbonyl (C=O) groups is 2. The van der Waals surface area contributed by atoms with Crippen molar-refractivity contribution in [3.05, 3.63) is 40.9 Å². The number of thioether (sulfide) groups is 1. The van der Waals surface area contributed by atoms with Crippen LogP contribution in [-0.4, -0.2) is 55.4 Å². The van der Waals surface area contributed by atoms with Crippen molar-refractivity contribution < 1.29 is 19.1 Å². The van der Waals surface area contributed by atoms with Crippen molar-refractivity contribution in [1.29, 1.82) is 0 Å². The molecule has 1 fully saturated rings. The van der Waals surface area contributed by atoms with E-state index in [1.54, 1.807) is 4.90 Å². The fourth-order valence-electron chi connectivity index (χ4n) is 2.55. The largest absolute Gasteiger partial charge is 0.455 e. The SMILES string of the molecule is O=C(CSc1ccc2ccccc2c1Br)OCC(=O)N1CCOCC1. The molecule has 2 aromatic carbocycles. The molecule has 0 saturated carbocycles. The number of ether oxygens (including phenoxy) is 2. The van der Waals surface area contributed by atoms with Gasteiger partial charge in [0.1, 0.15) is 0 Å². The number of halogens is 1. The molecule has 0 radical (unpaired) electrons. The summed E-state index contributed by atoms with van der Waals surface area (Å²) in [5.41, 5.74) is 0. The molecule has 7 heteroatoms. The second kappa shape index (κ2) is 8.69. The van der Waals surface area contributed by atoms with Gasteiger partial charge in [0, 0.05) is 22.5 Å². The molecule has 1 amide bonds. The normalized spacial score (nSPS) is 14.5. The second-order valence-corrected chi connectivity index (χ2v) is 7.35. The average molecular weight is 424 g/mol. The summed E-state index contributed by atoms with van der Waals surface area (Å²) < 4.78 is 11.3. The number of morpholine rings is 1. The lowest BCUT2D eigenvalue weighted by atomic mass is 10.1. The lowest BCUT2D eigenvalue weighted by Crippen LogP contribution is -2.42. The third kappa shape index (κ3) is 4.74. The van der Waals surface area contributed by atoms with Gasteiger partial charge in [0.05, 0.1) is 19.0 Å². The van der Waals surface area contributed by atoms with Crippen molar-refractivity contribution in [2.75, 3.05) is 38.7 Å². The van der Waals surface area contributed by atoms with Gasteiger partial charge in [-0.05, 0) is 32.8 Å². The lowest BCUT2D eigenvalue weighted by Gasteiger charge is -2.26. The number of rotatable bonds is 5. The Balaban J connectivity index is 1.50. The monoisotopic (exact) mass is 423 g/mol. The molecule has 0 atom stereocenters. The summed E-state index contributed by atoms with van der Waals surface area (Å²) in [7, 11) is 0. The standard InChI is InChI=1S/C18H18BrNO4S/c19-18-14-4-2-1-3-13(14)5-6-15(18)25-12-17(22)24-11-16(21)20-7-9-23-10-8-20/h1-6H,7-12H2. The highest BCUT2D eigenvalue weighted by atomic mass is 79.9. The number of carbonyl (C=O) groups excluding carboxylic acids is 2. The molecule has 1 aliphatic rings. The van der Waals surface area contributed by atoms with Crippen LogP contribution in [0.25, 0.3) is 10.8 Å². The minimum absolute atomic E-state index is 0.160. The van der Waals surface area contributed by atoms with E-state index in [2.05, 4.69) is 15.9 Å². The summed E-state index contributed by atoms with van der Waals surface area (Å²) in [6, 6.07) is 12.0. The van der Waals surface area contributed by atoms with Gasteiger partial charge in [-0.2, -0.15) is 0 Å². The summed E-state index contributed by atoms with van der Waals surface area (Å²) in [6.45, 7) is 1.96. The van der Waals surface area contributed by atoms with E-state index in [9.17, 15) is 9.59 Å². The third-order valence-electron chi connectivity index (χ3n) is 3.89.